The van der Waals surface area contributed by atoms with Gasteiger partial charge < -0.3 is 20.5 Å². The minimum absolute atomic E-state index is 0.128. The van der Waals surface area contributed by atoms with E-state index in [-0.39, 0.29) is 5.91 Å². The Hall–Kier alpha value is -1.40. The lowest BCUT2D eigenvalue weighted by molar-refractivity contribution is 0.0934. The third kappa shape index (κ3) is 5.30. The van der Waals surface area contributed by atoms with E-state index >= 15 is 0 Å². The van der Waals surface area contributed by atoms with Gasteiger partial charge in [0.15, 0.2) is 0 Å². The summed E-state index contributed by atoms with van der Waals surface area (Å²) in [6.07, 6.45) is 4.42. The van der Waals surface area contributed by atoms with Crippen LogP contribution < -0.4 is 11.1 Å². The number of nitrogens with one attached hydrogen (secondary N) is 1. The van der Waals surface area contributed by atoms with Crippen LogP contribution in [0.2, 0.25) is 0 Å². The second-order valence-corrected chi connectivity index (χ2v) is 5.74. The van der Waals surface area contributed by atoms with Gasteiger partial charge in [-0.25, -0.2) is 4.98 Å². The molecule has 0 saturated heterocycles. The molecule has 3 N–H and O–H groups in total. The van der Waals surface area contributed by atoms with Gasteiger partial charge in [-0.1, -0.05) is 13.8 Å². The number of carbonyl (C=O) groups is 1. The Morgan fingerprint density at radius 3 is 2.75 bits per heavy atom. The van der Waals surface area contributed by atoms with Gasteiger partial charge in [0.2, 0.25) is 0 Å². The molecule has 6 heteroatoms. The average molecular weight is 281 g/mol. The molecule has 0 aromatic carbocycles. The van der Waals surface area contributed by atoms with E-state index in [1.807, 2.05) is 18.7 Å². The van der Waals surface area contributed by atoms with Crippen molar-refractivity contribution in [3.8, 4) is 0 Å². The van der Waals surface area contributed by atoms with E-state index in [0.29, 0.717) is 37.3 Å². The fourth-order valence-electron chi connectivity index (χ4n) is 2.07. The third-order valence-electron chi connectivity index (χ3n) is 3.23. The summed E-state index contributed by atoms with van der Waals surface area (Å²) in [7, 11) is 4.07. The fraction of sp³-hybridized carbons (Fsp3) is 0.714. The maximum absolute atomic E-state index is 12.0. The Balaban J connectivity index is 2.51. The lowest BCUT2D eigenvalue weighted by Crippen LogP contribution is -2.41. The maximum atomic E-state index is 12.0. The highest BCUT2D eigenvalue weighted by Gasteiger charge is 2.16. The summed E-state index contributed by atoms with van der Waals surface area (Å²) in [6, 6.07) is 0.338. The smallest absolute Gasteiger partial charge is 0.271 e. The minimum Gasteiger partial charge on any atom is -0.349 e. The van der Waals surface area contributed by atoms with Crippen molar-refractivity contribution in [1.29, 1.82) is 0 Å². The van der Waals surface area contributed by atoms with Crippen molar-refractivity contribution in [3.63, 3.8) is 0 Å². The zero-order chi connectivity index (χ0) is 15.1. The molecule has 20 heavy (non-hydrogen) atoms. The van der Waals surface area contributed by atoms with Gasteiger partial charge in [-0.05, 0) is 26.4 Å². The van der Waals surface area contributed by atoms with E-state index in [2.05, 4.69) is 29.0 Å². The van der Waals surface area contributed by atoms with Gasteiger partial charge in [0.25, 0.3) is 5.91 Å². The number of hydrogen-bond acceptors (Lipinski definition) is 4. The first-order chi connectivity index (χ1) is 9.43. The summed E-state index contributed by atoms with van der Waals surface area (Å²) < 4.78 is 1.83. The van der Waals surface area contributed by atoms with Crippen LogP contribution >= 0.6 is 0 Å². The van der Waals surface area contributed by atoms with Crippen LogP contribution in [0.15, 0.2) is 12.5 Å². The molecule has 0 aliphatic heterocycles. The molecule has 114 valence electrons. The summed E-state index contributed by atoms with van der Waals surface area (Å²) in [5.74, 6) is 0.472. The van der Waals surface area contributed by atoms with Gasteiger partial charge in [0.05, 0.1) is 6.33 Å². The number of likely N-dealkylation sites (N-methyl/N-ethyl adjacent to an activating group) is 1. The molecule has 6 nitrogen and oxygen atoms in total. The van der Waals surface area contributed by atoms with Crippen LogP contribution in [0.25, 0.3) is 0 Å². The third-order valence-corrected chi connectivity index (χ3v) is 3.23. The summed E-state index contributed by atoms with van der Waals surface area (Å²) in [5.41, 5.74) is 5.91. The number of aromatic nitrogens is 2. The number of carbonyl (C=O) groups excluding carboxylic acids is 1. The SMILES string of the molecule is CC(C)CC(CNC(=O)c1cn(CCN)cn1)N(C)C. The van der Waals surface area contributed by atoms with E-state index in [1.54, 1.807) is 12.5 Å². The number of nitrogens with two attached hydrogens (primary N) is 1. The van der Waals surface area contributed by atoms with E-state index in [4.69, 9.17) is 5.73 Å². The number of imidazole rings is 1. The van der Waals surface area contributed by atoms with Crippen molar-refractivity contribution < 1.29 is 4.79 Å². The standard InChI is InChI=1S/C14H27N5O/c1-11(2)7-12(18(3)4)8-16-14(20)13-9-19(6-5-15)10-17-13/h9-12H,5-8,15H2,1-4H3,(H,16,20). The molecule has 1 unspecified atom stereocenters. The van der Waals surface area contributed by atoms with Crippen molar-refractivity contribution in [2.45, 2.75) is 32.9 Å². The van der Waals surface area contributed by atoms with Gasteiger partial charge in [-0.2, -0.15) is 0 Å². The Kier molecular flexibility index (Phi) is 6.67. The average Bonchev–Trinajstić information content (AvgIpc) is 2.82. The molecule has 0 aliphatic carbocycles. The Morgan fingerprint density at radius 2 is 2.20 bits per heavy atom. The number of amides is 1. The first kappa shape index (κ1) is 16.7. The molecule has 0 bridgehead atoms. The quantitative estimate of drug-likeness (QED) is 0.729. The van der Waals surface area contributed by atoms with E-state index < -0.39 is 0 Å². The van der Waals surface area contributed by atoms with Crippen LogP contribution in [-0.2, 0) is 6.54 Å². The molecule has 1 rings (SSSR count). The summed E-state index contributed by atoms with van der Waals surface area (Å²) in [5, 5.41) is 2.95. The van der Waals surface area contributed by atoms with Gasteiger partial charge in [-0.15, -0.1) is 0 Å². The molecule has 1 amide bonds. The van der Waals surface area contributed by atoms with Crippen molar-refractivity contribution in [3.05, 3.63) is 18.2 Å². The molecule has 0 saturated carbocycles. The summed E-state index contributed by atoms with van der Waals surface area (Å²) >= 11 is 0. The van der Waals surface area contributed by atoms with Crippen LogP contribution in [0, 0.1) is 5.92 Å². The molecular weight excluding hydrogens is 254 g/mol. The Bertz CT molecular complexity index is 413. The minimum atomic E-state index is -0.128. The lowest BCUT2D eigenvalue weighted by atomic mass is 10.0. The number of hydrogen-bond donors (Lipinski definition) is 2. The number of nitrogens with zero attached hydrogens (tertiary/aromatic N) is 3. The highest BCUT2D eigenvalue weighted by atomic mass is 16.1. The molecule has 1 atom stereocenters. The monoisotopic (exact) mass is 281 g/mol. The molecule has 1 aromatic rings. The number of rotatable bonds is 8. The molecule has 1 aromatic heterocycles. The fourth-order valence-corrected chi connectivity index (χ4v) is 2.07. The van der Waals surface area contributed by atoms with Gasteiger partial charge in [0, 0.05) is 31.9 Å². The van der Waals surface area contributed by atoms with Crippen molar-refractivity contribution >= 4 is 5.91 Å². The molecule has 0 spiro atoms. The zero-order valence-electron chi connectivity index (χ0n) is 13.0. The zero-order valence-corrected chi connectivity index (χ0v) is 13.0. The largest absolute Gasteiger partial charge is 0.349 e. The van der Waals surface area contributed by atoms with E-state index in [0.717, 1.165) is 6.42 Å². The first-order valence-corrected chi connectivity index (χ1v) is 7.10. The van der Waals surface area contributed by atoms with Crippen LogP contribution in [0.3, 0.4) is 0 Å². The van der Waals surface area contributed by atoms with E-state index in [9.17, 15) is 4.79 Å². The predicted molar refractivity (Wildman–Crippen MR) is 80.5 cm³/mol. The molecule has 0 radical (unpaired) electrons. The summed E-state index contributed by atoms with van der Waals surface area (Å²) in [4.78, 5) is 18.3. The lowest BCUT2D eigenvalue weighted by Gasteiger charge is -2.26. The van der Waals surface area contributed by atoms with Crippen molar-refractivity contribution in [2.75, 3.05) is 27.2 Å². The molecule has 0 aliphatic rings. The van der Waals surface area contributed by atoms with Crippen LogP contribution in [-0.4, -0.2) is 53.6 Å². The van der Waals surface area contributed by atoms with Gasteiger partial charge >= 0.3 is 0 Å². The van der Waals surface area contributed by atoms with Crippen LogP contribution in [0.4, 0.5) is 0 Å². The Labute approximate surface area is 121 Å². The second-order valence-electron chi connectivity index (χ2n) is 5.74. The van der Waals surface area contributed by atoms with Crippen molar-refractivity contribution in [1.82, 2.24) is 19.8 Å². The summed E-state index contributed by atoms with van der Waals surface area (Å²) in [6.45, 7) is 6.22. The van der Waals surface area contributed by atoms with Crippen molar-refractivity contribution in [2.24, 2.45) is 11.7 Å². The maximum Gasteiger partial charge on any atom is 0.271 e. The first-order valence-electron chi connectivity index (χ1n) is 7.10. The normalized spacial score (nSPS) is 12.9. The molecular formula is C14H27N5O. The van der Waals surface area contributed by atoms with Crippen LogP contribution in [0.1, 0.15) is 30.8 Å². The van der Waals surface area contributed by atoms with E-state index in [1.165, 1.54) is 0 Å². The molecule has 1 heterocycles. The van der Waals surface area contributed by atoms with Crippen LogP contribution in [0.5, 0.6) is 0 Å². The second kappa shape index (κ2) is 8.01. The predicted octanol–water partition coefficient (Wildman–Crippen LogP) is 0.548. The van der Waals surface area contributed by atoms with Gasteiger partial charge in [0.1, 0.15) is 5.69 Å². The highest BCUT2D eigenvalue weighted by molar-refractivity contribution is 5.92. The topological polar surface area (TPSA) is 76.2 Å². The molecule has 0 fully saturated rings. The van der Waals surface area contributed by atoms with Gasteiger partial charge in [-0.3, -0.25) is 4.79 Å². The highest BCUT2D eigenvalue weighted by Crippen LogP contribution is 2.08. The Morgan fingerprint density at radius 1 is 1.50 bits per heavy atom.